The second-order valence-electron chi connectivity index (χ2n) is 4.03. The van der Waals surface area contributed by atoms with E-state index in [1.54, 1.807) is 18.7 Å². The average molecular weight is 297 g/mol. The second-order valence-corrected chi connectivity index (χ2v) is 4.76. The smallest absolute Gasteiger partial charge is 0.409 e. The molecule has 0 fully saturated rings. The summed E-state index contributed by atoms with van der Waals surface area (Å²) in [6, 6.07) is -0.0828. The van der Waals surface area contributed by atoms with Gasteiger partial charge >= 0.3 is 6.18 Å². The van der Waals surface area contributed by atoms with E-state index in [0.717, 1.165) is 0 Å². The molecule has 1 aromatic rings. The number of nitrogens with zero attached hydrogens (tertiary/aromatic N) is 4. The molecule has 1 rings (SSSR count). The first-order valence-corrected chi connectivity index (χ1v) is 6.17. The Morgan fingerprint density at radius 3 is 2.58 bits per heavy atom. The number of alkyl halides is 3. The quantitative estimate of drug-likeness (QED) is 0.375. The van der Waals surface area contributed by atoms with Gasteiger partial charge in [-0.1, -0.05) is 5.16 Å². The van der Waals surface area contributed by atoms with Crippen molar-refractivity contribution in [3.8, 4) is 0 Å². The van der Waals surface area contributed by atoms with E-state index < -0.39 is 12.0 Å². The van der Waals surface area contributed by atoms with Crippen molar-refractivity contribution in [2.24, 2.45) is 10.9 Å². The van der Waals surface area contributed by atoms with Crippen LogP contribution >= 0.6 is 11.5 Å². The van der Waals surface area contributed by atoms with Gasteiger partial charge in [0.1, 0.15) is 5.84 Å². The molecule has 0 atom stereocenters. The second kappa shape index (κ2) is 6.04. The fourth-order valence-electron chi connectivity index (χ4n) is 1.31. The lowest BCUT2D eigenvalue weighted by molar-refractivity contribution is -0.144. The molecule has 3 N–H and O–H groups in total. The molecule has 0 bridgehead atoms. The molecule has 0 spiro atoms. The number of hydrogen-bond donors (Lipinski definition) is 2. The predicted octanol–water partition coefficient (Wildman–Crippen LogP) is 1.91. The minimum absolute atomic E-state index is 0.00575. The lowest BCUT2D eigenvalue weighted by Gasteiger charge is -2.25. The molecular formula is C9H14F3N5OS. The topological polar surface area (TPSA) is 87.6 Å². The zero-order chi connectivity index (χ0) is 14.6. The largest absolute Gasteiger partial charge is 0.452 e. The summed E-state index contributed by atoms with van der Waals surface area (Å²) in [5.74, 6) is -1.15. The Labute approximate surface area is 111 Å². The van der Waals surface area contributed by atoms with Crippen LogP contribution in [0.5, 0.6) is 0 Å². The first-order chi connectivity index (χ1) is 8.75. The lowest BCUT2D eigenvalue weighted by Crippen LogP contribution is -2.34. The summed E-state index contributed by atoms with van der Waals surface area (Å²) in [6.45, 7) is 3.90. The number of rotatable bonds is 5. The van der Waals surface area contributed by atoms with Gasteiger partial charge in [0.05, 0.1) is 0 Å². The van der Waals surface area contributed by atoms with Crippen LogP contribution in [-0.4, -0.2) is 33.0 Å². The number of amidine groups is 1. The summed E-state index contributed by atoms with van der Waals surface area (Å²) in [5.41, 5.74) is 5.33. The molecule has 0 aromatic carbocycles. The Morgan fingerprint density at radius 1 is 1.53 bits per heavy atom. The van der Waals surface area contributed by atoms with Crippen molar-refractivity contribution in [3.63, 3.8) is 0 Å². The number of halogens is 3. The highest BCUT2D eigenvalue weighted by atomic mass is 32.1. The normalized spacial score (nSPS) is 13.1. The van der Waals surface area contributed by atoms with Crippen LogP contribution in [0, 0.1) is 0 Å². The molecule has 0 radical (unpaired) electrons. The van der Waals surface area contributed by atoms with Gasteiger partial charge in [0.15, 0.2) is 0 Å². The van der Waals surface area contributed by atoms with Crippen molar-refractivity contribution in [1.29, 1.82) is 0 Å². The van der Waals surface area contributed by atoms with Gasteiger partial charge in [-0.05, 0) is 13.8 Å². The number of oxime groups is 1. The van der Waals surface area contributed by atoms with Gasteiger partial charge in [0.2, 0.25) is 11.0 Å². The van der Waals surface area contributed by atoms with Gasteiger partial charge in [0, 0.05) is 30.5 Å². The van der Waals surface area contributed by atoms with Gasteiger partial charge in [-0.2, -0.15) is 22.5 Å². The van der Waals surface area contributed by atoms with Crippen molar-refractivity contribution < 1.29 is 18.4 Å². The predicted molar refractivity (Wildman–Crippen MR) is 65.4 cm³/mol. The minimum Gasteiger partial charge on any atom is -0.409 e. The lowest BCUT2D eigenvalue weighted by atomic mass is 10.3. The van der Waals surface area contributed by atoms with Crippen molar-refractivity contribution in [3.05, 3.63) is 5.82 Å². The molecule has 0 saturated heterocycles. The summed E-state index contributed by atoms with van der Waals surface area (Å²) in [7, 11) is 0. The van der Waals surface area contributed by atoms with Crippen molar-refractivity contribution in [2.75, 3.05) is 11.4 Å². The molecule has 1 heterocycles. The maximum atomic E-state index is 12.4. The van der Waals surface area contributed by atoms with E-state index >= 15 is 0 Å². The number of aromatic nitrogens is 2. The Hall–Kier alpha value is -1.58. The molecule has 0 saturated carbocycles. The summed E-state index contributed by atoms with van der Waals surface area (Å²) in [4.78, 5) is 5.09. The summed E-state index contributed by atoms with van der Waals surface area (Å²) >= 11 is 0.674. The zero-order valence-corrected chi connectivity index (χ0v) is 11.2. The Balaban J connectivity index is 2.85. The molecule has 0 aliphatic heterocycles. The zero-order valence-electron chi connectivity index (χ0n) is 10.3. The number of hydrogen-bond acceptors (Lipinski definition) is 6. The molecular weight excluding hydrogens is 283 g/mol. The molecule has 0 aliphatic rings. The number of nitrogens with two attached hydrogens (primary N) is 1. The van der Waals surface area contributed by atoms with E-state index in [1.165, 1.54) is 0 Å². The molecule has 0 amide bonds. The van der Waals surface area contributed by atoms with Crippen LogP contribution in [0.2, 0.25) is 0 Å². The monoisotopic (exact) mass is 297 g/mol. The molecule has 19 heavy (non-hydrogen) atoms. The van der Waals surface area contributed by atoms with Gasteiger partial charge < -0.3 is 15.8 Å². The molecule has 108 valence electrons. The number of anilines is 1. The fourth-order valence-corrected chi connectivity index (χ4v) is 2.15. The Bertz CT molecular complexity index is 445. The summed E-state index contributed by atoms with van der Waals surface area (Å²) < 4.78 is 40.6. The SMILES string of the molecule is CC(C)N(CCC(N)=NO)c1nc(C(F)(F)F)ns1. The fraction of sp³-hybridized carbons (Fsp3) is 0.667. The van der Waals surface area contributed by atoms with E-state index in [4.69, 9.17) is 10.9 Å². The van der Waals surface area contributed by atoms with Crippen LogP contribution < -0.4 is 10.6 Å². The van der Waals surface area contributed by atoms with Crippen LogP contribution in [0.15, 0.2) is 5.16 Å². The highest BCUT2D eigenvalue weighted by Crippen LogP contribution is 2.30. The molecule has 6 nitrogen and oxygen atoms in total. The highest BCUT2D eigenvalue weighted by molar-refractivity contribution is 7.09. The van der Waals surface area contributed by atoms with Gasteiger partial charge in [0.25, 0.3) is 0 Å². The summed E-state index contributed by atoms with van der Waals surface area (Å²) in [5, 5.41) is 11.4. The van der Waals surface area contributed by atoms with Gasteiger partial charge in [-0.15, -0.1) is 0 Å². The van der Waals surface area contributed by atoms with Crippen LogP contribution in [0.3, 0.4) is 0 Å². The standard InChI is InChI=1S/C9H14F3N5OS/c1-5(2)17(4-3-6(13)15-18)8-14-7(16-19-8)9(10,11)12/h5,18H,3-4H2,1-2H3,(H2,13,15). The van der Waals surface area contributed by atoms with Crippen LogP contribution in [-0.2, 0) is 6.18 Å². The highest BCUT2D eigenvalue weighted by Gasteiger charge is 2.36. The van der Waals surface area contributed by atoms with Crippen molar-refractivity contribution in [1.82, 2.24) is 9.36 Å². The maximum absolute atomic E-state index is 12.4. The maximum Gasteiger partial charge on any atom is 0.452 e. The first-order valence-electron chi connectivity index (χ1n) is 5.39. The van der Waals surface area contributed by atoms with E-state index in [-0.39, 0.29) is 23.4 Å². The van der Waals surface area contributed by atoms with Gasteiger partial charge in [-0.3, -0.25) is 0 Å². The Morgan fingerprint density at radius 2 is 2.16 bits per heavy atom. The minimum atomic E-state index is -4.55. The summed E-state index contributed by atoms with van der Waals surface area (Å²) in [6.07, 6.45) is -4.33. The first kappa shape index (κ1) is 15.5. The third-order valence-corrected chi connectivity index (χ3v) is 3.03. The van der Waals surface area contributed by atoms with E-state index in [2.05, 4.69) is 14.5 Å². The van der Waals surface area contributed by atoms with Crippen LogP contribution in [0.1, 0.15) is 26.1 Å². The van der Waals surface area contributed by atoms with E-state index in [0.29, 0.717) is 18.1 Å². The van der Waals surface area contributed by atoms with Gasteiger partial charge in [-0.25, -0.2) is 0 Å². The van der Waals surface area contributed by atoms with Crippen LogP contribution in [0.4, 0.5) is 18.3 Å². The van der Waals surface area contributed by atoms with E-state index in [9.17, 15) is 13.2 Å². The molecule has 0 unspecified atom stereocenters. The molecule has 10 heteroatoms. The van der Waals surface area contributed by atoms with Crippen molar-refractivity contribution >= 4 is 22.5 Å². The third kappa shape index (κ3) is 4.23. The third-order valence-electron chi connectivity index (χ3n) is 2.28. The average Bonchev–Trinajstić information content (AvgIpc) is 2.77. The Kier molecular flexibility index (Phi) is 4.92. The van der Waals surface area contributed by atoms with Crippen molar-refractivity contribution in [2.45, 2.75) is 32.5 Å². The van der Waals surface area contributed by atoms with E-state index in [1.807, 2.05) is 0 Å². The van der Waals surface area contributed by atoms with Crippen LogP contribution in [0.25, 0.3) is 0 Å². The molecule has 0 aliphatic carbocycles. The molecule has 1 aromatic heterocycles.